The van der Waals surface area contributed by atoms with E-state index < -0.39 is 6.10 Å². The number of aliphatic hydroxyl groups excluding tert-OH is 1. The lowest BCUT2D eigenvalue weighted by Crippen LogP contribution is -2.19. The van der Waals surface area contributed by atoms with Crippen LogP contribution in [0.4, 0.5) is 0 Å². The molecule has 0 aliphatic carbocycles. The van der Waals surface area contributed by atoms with Gasteiger partial charge in [-0.2, -0.15) is 0 Å². The molecule has 0 heterocycles. The summed E-state index contributed by atoms with van der Waals surface area (Å²) in [5.41, 5.74) is 1.65. The zero-order valence-corrected chi connectivity index (χ0v) is 22.4. The largest absolute Gasteiger partial charge is 0.507 e. The van der Waals surface area contributed by atoms with Gasteiger partial charge in [0.05, 0.1) is 19.1 Å². The summed E-state index contributed by atoms with van der Waals surface area (Å²) in [6.45, 7) is 14.9. The van der Waals surface area contributed by atoms with Crippen LogP contribution in [0.1, 0.15) is 142 Å². The van der Waals surface area contributed by atoms with Gasteiger partial charge in [-0.25, -0.2) is 0 Å². The van der Waals surface area contributed by atoms with Crippen molar-refractivity contribution in [1.29, 1.82) is 0 Å². The van der Waals surface area contributed by atoms with Crippen LogP contribution < -0.4 is 0 Å². The van der Waals surface area contributed by atoms with E-state index in [1.807, 2.05) is 53.7 Å². The van der Waals surface area contributed by atoms with Gasteiger partial charge in [0.25, 0.3) is 0 Å². The smallest absolute Gasteiger partial charge is 0.308 e. The minimum Gasteiger partial charge on any atom is -0.507 e. The highest BCUT2D eigenvalue weighted by Crippen LogP contribution is 2.41. The monoisotopic (exact) mass is 462 g/mol. The van der Waals surface area contributed by atoms with Crippen molar-refractivity contribution in [3.05, 3.63) is 28.8 Å². The van der Waals surface area contributed by atoms with Crippen molar-refractivity contribution >= 4 is 5.97 Å². The van der Waals surface area contributed by atoms with Gasteiger partial charge in [0.2, 0.25) is 0 Å². The van der Waals surface area contributed by atoms with Crippen LogP contribution in [-0.4, -0.2) is 22.8 Å². The van der Waals surface area contributed by atoms with Crippen LogP contribution in [-0.2, 0) is 20.4 Å². The summed E-state index contributed by atoms with van der Waals surface area (Å²) in [6, 6.07) is 3.65. The van der Waals surface area contributed by atoms with E-state index in [2.05, 4.69) is 6.92 Å². The highest BCUT2D eigenvalue weighted by Gasteiger charge is 2.28. The van der Waals surface area contributed by atoms with Crippen molar-refractivity contribution in [2.75, 3.05) is 6.61 Å². The quantitative estimate of drug-likeness (QED) is 0.218. The lowest BCUT2D eigenvalue weighted by molar-refractivity contribution is -0.146. The van der Waals surface area contributed by atoms with Crippen LogP contribution >= 0.6 is 0 Å². The Bertz CT molecular complexity index is 674. The number of phenolic OH excluding ortho intramolecular Hbond substituents is 1. The number of ether oxygens (including phenoxy) is 1. The van der Waals surface area contributed by atoms with Crippen LogP contribution in [0.5, 0.6) is 5.75 Å². The molecule has 0 amide bonds. The predicted octanol–water partition coefficient (Wildman–Crippen LogP) is 7.87. The maximum Gasteiger partial charge on any atom is 0.308 e. The number of hydrogen-bond donors (Lipinski definition) is 2. The molecule has 1 aromatic rings. The van der Waals surface area contributed by atoms with E-state index in [0.29, 0.717) is 12.2 Å². The molecular weight excluding hydrogens is 412 g/mol. The second-order valence-corrected chi connectivity index (χ2v) is 11.6. The Morgan fingerprint density at radius 1 is 0.818 bits per heavy atom. The number of carbonyl (C=O) groups excluding carboxylic acids is 1. The van der Waals surface area contributed by atoms with E-state index in [1.54, 1.807) is 0 Å². The third-order valence-electron chi connectivity index (χ3n) is 6.25. The Morgan fingerprint density at radius 3 is 1.67 bits per heavy atom. The van der Waals surface area contributed by atoms with Crippen LogP contribution in [0.15, 0.2) is 12.1 Å². The zero-order chi connectivity index (χ0) is 25.1. The number of esters is 1. The van der Waals surface area contributed by atoms with Crippen molar-refractivity contribution in [3.8, 4) is 5.75 Å². The molecule has 0 aliphatic rings. The van der Waals surface area contributed by atoms with Crippen LogP contribution in [0.2, 0.25) is 0 Å². The molecule has 4 nitrogen and oxygen atoms in total. The molecule has 1 aromatic carbocycles. The lowest BCUT2D eigenvalue weighted by atomic mass is 9.78. The van der Waals surface area contributed by atoms with E-state index in [-0.39, 0.29) is 29.0 Å². The molecule has 0 saturated heterocycles. The van der Waals surface area contributed by atoms with Gasteiger partial charge in [-0.3, -0.25) is 4.79 Å². The third-order valence-corrected chi connectivity index (χ3v) is 6.25. The van der Waals surface area contributed by atoms with Crippen molar-refractivity contribution in [3.63, 3.8) is 0 Å². The fraction of sp³-hybridized carbons (Fsp3) is 0.759. The second-order valence-electron chi connectivity index (χ2n) is 11.6. The Kier molecular flexibility index (Phi) is 12.5. The van der Waals surface area contributed by atoms with Crippen LogP contribution in [0, 0.1) is 0 Å². The molecule has 0 aromatic heterocycles. The average molecular weight is 463 g/mol. The van der Waals surface area contributed by atoms with Gasteiger partial charge in [-0.15, -0.1) is 0 Å². The number of hydrogen-bond acceptors (Lipinski definition) is 4. The normalized spacial score (nSPS) is 13.2. The summed E-state index contributed by atoms with van der Waals surface area (Å²) in [5.74, 6) is -0.101. The summed E-state index contributed by atoms with van der Waals surface area (Å²) in [6.07, 6.45) is 11.4. The van der Waals surface area contributed by atoms with E-state index >= 15 is 0 Å². The summed E-state index contributed by atoms with van der Waals surface area (Å²) >= 11 is 0. The molecule has 0 fully saturated rings. The second kappa shape index (κ2) is 14.0. The highest BCUT2D eigenvalue weighted by molar-refractivity contribution is 5.70. The summed E-state index contributed by atoms with van der Waals surface area (Å²) in [7, 11) is 0. The molecular formula is C29H50O4. The maximum absolute atomic E-state index is 12.3. The molecule has 1 atom stereocenters. The van der Waals surface area contributed by atoms with Gasteiger partial charge < -0.3 is 14.9 Å². The zero-order valence-electron chi connectivity index (χ0n) is 22.4. The number of benzene rings is 1. The van der Waals surface area contributed by atoms with Gasteiger partial charge in [-0.05, 0) is 46.1 Å². The minimum absolute atomic E-state index is 0.0737. The summed E-state index contributed by atoms with van der Waals surface area (Å²) in [5, 5.41) is 21.6. The number of phenols is 1. The Labute approximate surface area is 203 Å². The predicted molar refractivity (Wildman–Crippen MR) is 138 cm³/mol. The van der Waals surface area contributed by atoms with Gasteiger partial charge >= 0.3 is 5.97 Å². The molecule has 190 valence electrons. The fourth-order valence-corrected chi connectivity index (χ4v) is 4.10. The minimum atomic E-state index is -0.951. The van der Waals surface area contributed by atoms with E-state index in [0.717, 1.165) is 24.0 Å². The van der Waals surface area contributed by atoms with Crippen LogP contribution in [0.25, 0.3) is 0 Å². The first kappa shape index (κ1) is 29.5. The number of rotatable bonds is 14. The molecule has 0 saturated carbocycles. The highest BCUT2D eigenvalue weighted by atomic mass is 16.5. The van der Waals surface area contributed by atoms with Crippen molar-refractivity contribution in [2.45, 2.75) is 136 Å². The van der Waals surface area contributed by atoms with Crippen molar-refractivity contribution in [2.24, 2.45) is 0 Å². The van der Waals surface area contributed by atoms with Gasteiger partial charge in [0.1, 0.15) is 5.75 Å². The molecule has 1 unspecified atom stereocenters. The molecule has 0 bridgehead atoms. The SMILES string of the molecule is CCCCCCCCCCCCOC(=O)CC(O)c1cc(C(C)(C)C)c(O)c(C(C)(C)C)c1. The summed E-state index contributed by atoms with van der Waals surface area (Å²) in [4.78, 5) is 12.3. The first-order valence-corrected chi connectivity index (χ1v) is 13.1. The Morgan fingerprint density at radius 2 is 1.24 bits per heavy atom. The number of carbonyl (C=O) groups is 1. The van der Waals surface area contributed by atoms with Crippen molar-refractivity contribution in [1.82, 2.24) is 0 Å². The Hall–Kier alpha value is -1.55. The molecule has 0 spiro atoms. The van der Waals surface area contributed by atoms with Gasteiger partial charge in [0.15, 0.2) is 0 Å². The summed E-state index contributed by atoms with van der Waals surface area (Å²) < 4.78 is 5.38. The molecule has 0 aliphatic heterocycles. The number of aliphatic hydroxyl groups is 1. The molecule has 0 radical (unpaired) electrons. The molecule has 33 heavy (non-hydrogen) atoms. The van der Waals surface area contributed by atoms with E-state index in [1.165, 1.54) is 51.4 Å². The van der Waals surface area contributed by atoms with E-state index in [4.69, 9.17) is 4.74 Å². The first-order valence-electron chi connectivity index (χ1n) is 13.1. The molecule has 2 N–H and O–H groups in total. The number of aromatic hydroxyl groups is 1. The first-order chi connectivity index (χ1) is 15.4. The molecule has 4 heteroatoms. The van der Waals surface area contributed by atoms with Crippen molar-refractivity contribution < 1.29 is 19.7 Å². The third kappa shape index (κ3) is 10.9. The Balaban J connectivity index is 2.49. The maximum atomic E-state index is 12.3. The number of unbranched alkanes of at least 4 members (excludes halogenated alkanes) is 9. The van der Waals surface area contributed by atoms with Crippen LogP contribution in [0.3, 0.4) is 0 Å². The van der Waals surface area contributed by atoms with E-state index in [9.17, 15) is 15.0 Å². The molecule has 1 rings (SSSR count). The topological polar surface area (TPSA) is 66.8 Å². The lowest BCUT2D eigenvalue weighted by Gasteiger charge is -2.29. The van der Waals surface area contributed by atoms with Gasteiger partial charge in [0, 0.05) is 0 Å². The average Bonchev–Trinajstić information content (AvgIpc) is 2.70. The fourth-order valence-electron chi connectivity index (χ4n) is 4.10. The standard InChI is InChI=1S/C29H50O4/c1-8-9-10-11-12-13-14-15-16-17-18-33-26(31)21-25(30)22-19-23(28(2,3)4)27(32)24(20-22)29(5,6)7/h19-20,25,30,32H,8-18,21H2,1-7H3. The van der Waals surface area contributed by atoms with Gasteiger partial charge in [-0.1, -0.05) is 106 Å².